The molecule has 0 saturated carbocycles. The van der Waals surface area contributed by atoms with Gasteiger partial charge < -0.3 is 10.0 Å². The van der Waals surface area contributed by atoms with Crippen LogP contribution >= 0.6 is 0 Å². The summed E-state index contributed by atoms with van der Waals surface area (Å²) >= 11 is 0. The second-order valence-electron chi connectivity index (χ2n) is 7.13. The van der Waals surface area contributed by atoms with E-state index in [9.17, 15) is 10.0 Å². The van der Waals surface area contributed by atoms with E-state index in [4.69, 9.17) is 0 Å². The number of hydrogen-bond donors (Lipinski definition) is 2. The molecule has 0 radical (unpaired) electrons. The van der Waals surface area contributed by atoms with Gasteiger partial charge in [-0.3, -0.25) is 0 Å². The zero-order valence-electron chi connectivity index (χ0n) is 12.5. The Morgan fingerprint density at radius 3 is 2.32 bits per heavy atom. The molecule has 2 N–H and O–H groups in total. The number of hydrogen-bond acceptors (Lipinski definition) is 2. The fourth-order valence-electron chi connectivity index (χ4n) is 2.82. The maximum atomic E-state index is 9.38. The number of rotatable bonds is 1. The van der Waals surface area contributed by atoms with E-state index in [1.807, 2.05) is 18.2 Å². The second-order valence-corrected chi connectivity index (χ2v) is 7.13. The van der Waals surface area contributed by atoms with Crippen molar-refractivity contribution < 1.29 is 10.0 Å². The van der Waals surface area contributed by atoms with Gasteiger partial charge in [0.15, 0.2) is 0 Å². The Kier molecular flexibility index (Phi) is 3.40. The van der Waals surface area contributed by atoms with Gasteiger partial charge in [0, 0.05) is 0 Å². The first-order valence-corrected chi connectivity index (χ1v) is 6.84. The molecule has 102 valence electrons. The van der Waals surface area contributed by atoms with Crippen LogP contribution in [-0.4, -0.2) is 17.2 Å². The molecule has 0 fully saturated rings. The van der Waals surface area contributed by atoms with Gasteiger partial charge in [-0.2, -0.15) is 0 Å². The third kappa shape index (κ3) is 2.63. The minimum Gasteiger partial charge on any atom is -0.423 e. The van der Waals surface area contributed by atoms with Crippen molar-refractivity contribution in [3.8, 4) is 0 Å². The summed E-state index contributed by atoms with van der Waals surface area (Å²) in [6.07, 6.45) is 3.32. The van der Waals surface area contributed by atoms with Crippen molar-refractivity contribution in [2.24, 2.45) is 5.41 Å². The molecule has 0 aliphatic heterocycles. The highest BCUT2D eigenvalue weighted by molar-refractivity contribution is 6.58. The highest BCUT2D eigenvalue weighted by Crippen LogP contribution is 2.44. The first kappa shape index (κ1) is 14.4. The van der Waals surface area contributed by atoms with Gasteiger partial charge >= 0.3 is 7.12 Å². The largest absolute Gasteiger partial charge is 0.488 e. The van der Waals surface area contributed by atoms with E-state index in [-0.39, 0.29) is 10.8 Å². The Morgan fingerprint density at radius 2 is 1.79 bits per heavy atom. The molecule has 0 unspecified atom stereocenters. The first-order valence-electron chi connectivity index (χ1n) is 6.84. The zero-order chi connectivity index (χ0) is 14.4. The lowest BCUT2D eigenvalue weighted by atomic mass is 9.66. The van der Waals surface area contributed by atoms with Crippen LogP contribution in [0.25, 0.3) is 5.57 Å². The van der Waals surface area contributed by atoms with Crippen LogP contribution in [-0.2, 0) is 5.41 Å². The van der Waals surface area contributed by atoms with E-state index >= 15 is 0 Å². The molecule has 19 heavy (non-hydrogen) atoms. The third-order valence-electron chi connectivity index (χ3n) is 3.99. The summed E-state index contributed by atoms with van der Waals surface area (Å²) in [5, 5.41) is 18.8. The average molecular weight is 258 g/mol. The molecular weight excluding hydrogens is 235 g/mol. The van der Waals surface area contributed by atoms with E-state index < -0.39 is 7.12 Å². The second kappa shape index (κ2) is 4.50. The molecule has 0 bridgehead atoms. The molecule has 2 rings (SSSR count). The van der Waals surface area contributed by atoms with Gasteiger partial charge in [-0.05, 0) is 39.4 Å². The van der Waals surface area contributed by atoms with Gasteiger partial charge in [0.05, 0.1) is 0 Å². The molecule has 0 aromatic heterocycles. The first-order chi connectivity index (χ1) is 8.63. The molecule has 1 aromatic rings. The summed E-state index contributed by atoms with van der Waals surface area (Å²) in [6.45, 7) is 11.1. The number of benzene rings is 1. The summed E-state index contributed by atoms with van der Waals surface area (Å²) in [4.78, 5) is 0. The maximum Gasteiger partial charge on any atom is 0.488 e. The van der Waals surface area contributed by atoms with Crippen LogP contribution in [0.15, 0.2) is 24.3 Å². The minimum absolute atomic E-state index is 0.0598. The summed E-state index contributed by atoms with van der Waals surface area (Å²) < 4.78 is 0. The molecular formula is C16H23BO2. The van der Waals surface area contributed by atoms with Gasteiger partial charge in [0.25, 0.3) is 0 Å². The van der Waals surface area contributed by atoms with Crippen molar-refractivity contribution in [3.05, 3.63) is 35.4 Å². The summed E-state index contributed by atoms with van der Waals surface area (Å²) in [5.41, 5.74) is 4.47. The SMILES string of the molecule is CC(C)(C)C1=CCC(C)(C)c2ccc(B(O)O)cc21. The lowest BCUT2D eigenvalue weighted by Crippen LogP contribution is -2.33. The Labute approximate surface area is 116 Å². The van der Waals surface area contributed by atoms with E-state index in [2.05, 4.69) is 40.7 Å². The highest BCUT2D eigenvalue weighted by Gasteiger charge is 2.32. The van der Waals surface area contributed by atoms with E-state index in [0.29, 0.717) is 5.46 Å². The topological polar surface area (TPSA) is 40.5 Å². The summed E-state index contributed by atoms with van der Waals surface area (Å²) in [6, 6.07) is 5.79. The molecule has 0 heterocycles. The predicted molar refractivity (Wildman–Crippen MR) is 81.3 cm³/mol. The van der Waals surface area contributed by atoms with Crippen molar-refractivity contribution in [1.29, 1.82) is 0 Å². The fourth-order valence-corrected chi connectivity index (χ4v) is 2.82. The van der Waals surface area contributed by atoms with Crippen LogP contribution in [0, 0.1) is 5.41 Å². The monoisotopic (exact) mass is 258 g/mol. The summed E-state index contributed by atoms with van der Waals surface area (Å²) in [7, 11) is -1.41. The van der Waals surface area contributed by atoms with Crippen LogP contribution in [0.1, 0.15) is 52.2 Å². The lowest BCUT2D eigenvalue weighted by Gasteiger charge is -2.37. The van der Waals surface area contributed by atoms with Gasteiger partial charge in [-0.15, -0.1) is 0 Å². The third-order valence-corrected chi connectivity index (χ3v) is 3.99. The zero-order valence-corrected chi connectivity index (χ0v) is 12.5. The lowest BCUT2D eigenvalue weighted by molar-refractivity contribution is 0.425. The summed E-state index contributed by atoms with van der Waals surface area (Å²) in [5.74, 6) is 0. The van der Waals surface area contributed by atoms with Gasteiger partial charge in [0.1, 0.15) is 0 Å². The highest BCUT2D eigenvalue weighted by atomic mass is 16.4. The van der Waals surface area contributed by atoms with Crippen molar-refractivity contribution in [3.63, 3.8) is 0 Å². The van der Waals surface area contributed by atoms with Crippen LogP contribution in [0.5, 0.6) is 0 Å². The molecule has 0 amide bonds. The Hall–Kier alpha value is -1.06. The number of allylic oxidation sites excluding steroid dienone is 2. The van der Waals surface area contributed by atoms with Crippen LogP contribution in [0.2, 0.25) is 0 Å². The predicted octanol–water partition coefficient (Wildman–Crippen LogP) is 2.48. The van der Waals surface area contributed by atoms with Crippen LogP contribution in [0.3, 0.4) is 0 Å². The van der Waals surface area contributed by atoms with Crippen molar-refractivity contribution in [2.75, 3.05) is 0 Å². The Bertz CT molecular complexity index is 522. The van der Waals surface area contributed by atoms with Crippen molar-refractivity contribution in [2.45, 2.75) is 46.5 Å². The minimum atomic E-state index is -1.41. The van der Waals surface area contributed by atoms with Gasteiger partial charge in [0.2, 0.25) is 0 Å². The smallest absolute Gasteiger partial charge is 0.423 e. The molecule has 2 nitrogen and oxygen atoms in total. The van der Waals surface area contributed by atoms with Crippen LogP contribution < -0.4 is 5.46 Å². The van der Waals surface area contributed by atoms with Crippen LogP contribution in [0.4, 0.5) is 0 Å². The standard InChI is InChI=1S/C16H23BO2/c1-15(2,3)13-8-9-16(4,5)14-7-6-11(17(18)19)10-12(13)14/h6-8,10,18-19H,9H2,1-5H3. The van der Waals surface area contributed by atoms with E-state index in [1.165, 1.54) is 11.1 Å². The van der Waals surface area contributed by atoms with E-state index in [0.717, 1.165) is 12.0 Å². The normalized spacial score (nSPS) is 17.7. The Morgan fingerprint density at radius 1 is 1.16 bits per heavy atom. The van der Waals surface area contributed by atoms with Gasteiger partial charge in [-0.1, -0.05) is 58.9 Å². The maximum absolute atomic E-state index is 9.38. The molecule has 1 aliphatic carbocycles. The molecule has 0 spiro atoms. The fraction of sp³-hybridized carbons (Fsp3) is 0.500. The Balaban J connectivity index is 2.64. The average Bonchev–Trinajstić information content (AvgIpc) is 2.26. The van der Waals surface area contributed by atoms with E-state index in [1.54, 1.807) is 0 Å². The quantitative estimate of drug-likeness (QED) is 0.760. The van der Waals surface area contributed by atoms with Gasteiger partial charge in [-0.25, -0.2) is 0 Å². The molecule has 3 heteroatoms. The molecule has 0 atom stereocenters. The number of fused-ring (bicyclic) bond motifs is 1. The van der Waals surface area contributed by atoms with Crippen molar-refractivity contribution >= 4 is 18.2 Å². The van der Waals surface area contributed by atoms with Crippen molar-refractivity contribution in [1.82, 2.24) is 0 Å². The molecule has 1 aromatic carbocycles. The molecule has 0 saturated heterocycles. The molecule has 1 aliphatic rings.